The number of hydrogen-bond acceptors (Lipinski definition) is 4. The van der Waals surface area contributed by atoms with Crippen molar-refractivity contribution in [3.8, 4) is 0 Å². The zero-order valence-corrected chi connectivity index (χ0v) is 9.87. The van der Waals surface area contributed by atoms with Gasteiger partial charge < -0.3 is 10.8 Å². The van der Waals surface area contributed by atoms with E-state index in [1.54, 1.807) is 16.7 Å². The Morgan fingerprint density at radius 3 is 3.12 bits per heavy atom. The van der Waals surface area contributed by atoms with Gasteiger partial charge in [0.05, 0.1) is 12.2 Å². The molecule has 4 nitrogen and oxygen atoms in total. The quantitative estimate of drug-likeness (QED) is 0.818. The van der Waals surface area contributed by atoms with Crippen LogP contribution in [-0.4, -0.2) is 35.1 Å². The molecule has 1 atom stereocenters. The third-order valence-corrected chi connectivity index (χ3v) is 3.93. The van der Waals surface area contributed by atoms with E-state index in [1.165, 1.54) is 0 Å². The molecule has 0 aromatic carbocycles. The highest BCUT2D eigenvalue weighted by molar-refractivity contribution is 7.10. The number of carbonyl (C=O) groups excluding carboxylic acids is 1. The zero-order chi connectivity index (χ0) is 11.5. The van der Waals surface area contributed by atoms with Gasteiger partial charge in [0, 0.05) is 22.8 Å². The molecular weight excluding hydrogens is 224 g/mol. The molecule has 1 fully saturated rings. The number of nitrogens with two attached hydrogens (primary N) is 1. The minimum atomic E-state index is -0.373. The predicted octanol–water partition coefficient (Wildman–Crippen LogP) is 0.804. The Morgan fingerprint density at radius 1 is 1.69 bits per heavy atom. The first-order valence-corrected chi connectivity index (χ1v) is 6.31. The van der Waals surface area contributed by atoms with Crippen LogP contribution in [-0.2, 0) is 6.54 Å². The van der Waals surface area contributed by atoms with Gasteiger partial charge in [0.1, 0.15) is 0 Å². The molecule has 88 valence electrons. The molecule has 1 aliphatic rings. The van der Waals surface area contributed by atoms with Gasteiger partial charge in [-0.3, -0.25) is 9.69 Å². The fourth-order valence-electron chi connectivity index (χ4n) is 2.10. The average Bonchev–Trinajstić information content (AvgIpc) is 2.87. The van der Waals surface area contributed by atoms with Gasteiger partial charge >= 0.3 is 0 Å². The number of thiophene rings is 1. The Kier molecular flexibility index (Phi) is 3.58. The first kappa shape index (κ1) is 11.6. The summed E-state index contributed by atoms with van der Waals surface area (Å²) in [6.45, 7) is 2.05. The third kappa shape index (κ3) is 2.42. The molecule has 1 aromatic rings. The first-order chi connectivity index (χ1) is 7.70. The van der Waals surface area contributed by atoms with Gasteiger partial charge in [-0.15, -0.1) is 11.3 Å². The van der Waals surface area contributed by atoms with E-state index in [1.807, 2.05) is 6.07 Å². The van der Waals surface area contributed by atoms with E-state index < -0.39 is 0 Å². The summed E-state index contributed by atoms with van der Waals surface area (Å²) in [5.74, 6) is -0.373. The topological polar surface area (TPSA) is 66.6 Å². The fourth-order valence-corrected chi connectivity index (χ4v) is 3.00. The maximum atomic E-state index is 10.9. The van der Waals surface area contributed by atoms with Crippen molar-refractivity contribution in [2.24, 2.45) is 5.73 Å². The molecule has 2 heterocycles. The lowest BCUT2D eigenvalue weighted by atomic mass is 10.2. The number of aliphatic hydroxyl groups is 1. The number of hydrogen-bond donors (Lipinski definition) is 2. The Bertz CT molecular complexity index is 378. The van der Waals surface area contributed by atoms with E-state index >= 15 is 0 Å². The van der Waals surface area contributed by atoms with Gasteiger partial charge in [0.2, 0.25) is 5.91 Å². The van der Waals surface area contributed by atoms with Crippen molar-refractivity contribution in [3.63, 3.8) is 0 Å². The molecule has 2 rings (SSSR count). The summed E-state index contributed by atoms with van der Waals surface area (Å²) in [5.41, 5.74) is 5.79. The number of primary amides is 1. The van der Waals surface area contributed by atoms with Crippen molar-refractivity contribution in [1.29, 1.82) is 0 Å². The van der Waals surface area contributed by atoms with Crippen LogP contribution in [0.25, 0.3) is 0 Å². The Balaban J connectivity index is 2.00. The second-order valence-electron chi connectivity index (χ2n) is 4.12. The van der Waals surface area contributed by atoms with Crippen molar-refractivity contribution < 1.29 is 9.90 Å². The number of carbonyl (C=O) groups is 1. The summed E-state index contributed by atoms with van der Waals surface area (Å²) in [5, 5.41) is 11.0. The first-order valence-electron chi connectivity index (χ1n) is 5.43. The highest BCUT2D eigenvalue weighted by Crippen LogP contribution is 2.23. The summed E-state index contributed by atoms with van der Waals surface area (Å²) >= 11 is 1.55. The maximum Gasteiger partial charge on any atom is 0.249 e. The van der Waals surface area contributed by atoms with Gasteiger partial charge in [-0.1, -0.05) is 0 Å². The number of likely N-dealkylation sites (tertiary alicyclic amines) is 1. The molecule has 0 radical (unpaired) electrons. The molecular formula is C11H16N2O2S. The van der Waals surface area contributed by atoms with Crippen molar-refractivity contribution in [3.05, 3.63) is 21.9 Å². The summed E-state index contributed by atoms with van der Waals surface area (Å²) in [7, 11) is 0. The average molecular weight is 240 g/mol. The Morgan fingerprint density at radius 2 is 2.50 bits per heavy atom. The molecule has 1 aromatic heterocycles. The van der Waals surface area contributed by atoms with E-state index in [0.717, 1.165) is 30.8 Å². The van der Waals surface area contributed by atoms with E-state index in [0.29, 0.717) is 5.56 Å². The second-order valence-corrected chi connectivity index (χ2v) is 5.11. The third-order valence-electron chi connectivity index (χ3n) is 3.01. The molecule has 5 heteroatoms. The van der Waals surface area contributed by atoms with Gasteiger partial charge in [0.15, 0.2) is 0 Å². The van der Waals surface area contributed by atoms with Crippen LogP contribution in [0.2, 0.25) is 0 Å². The number of rotatable bonds is 4. The van der Waals surface area contributed by atoms with Crippen molar-refractivity contribution in [2.75, 3.05) is 13.2 Å². The second kappa shape index (κ2) is 4.95. The van der Waals surface area contributed by atoms with Crippen LogP contribution in [0.5, 0.6) is 0 Å². The lowest BCUT2D eigenvalue weighted by molar-refractivity contribution is 0.100. The van der Waals surface area contributed by atoms with Crippen LogP contribution >= 0.6 is 11.3 Å². The van der Waals surface area contributed by atoms with Gasteiger partial charge in [-0.25, -0.2) is 0 Å². The highest BCUT2D eigenvalue weighted by Gasteiger charge is 2.24. The van der Waals surface area contributed by atoms with E-state index in [9.17, 15) is 9.90 Å². The summed E-state index contributed by atoms with van der Waals surface area (Å²) in [6.07, 6.45) is 2.20. The normalized spacial score (nSPS) is 21.4. The van der Waals surface area contributed by atoms with Crippen LogP contribution < -0.4 is 5.73 Å². The molecule has 0 bridgehead atoms. The molecule has 16 heavy (non-hydrogen) atoms. The summed E-state index contributed by atoms with van der Waals surface area (Å²) in [6, 6.07) is 2.12. The monoisotopic (exact) mass is 240 g/mol. The van der Waals surface area contributed by atoms with Crippen molar-refractivity contribution in [1.82, 2.24) is 4.90 Å². The molecule has 1 amide bonds. The van der Waals surface area contributed by atoms with Gasteiger partial charge in [0.25, 0.3) is 0 Å². The van der Waals surface area contributed by atoms with E-state index in [2.05, 4.69) is 4.90 Å². The molecule has 0 unspecified atom stereocenters. The summed E-state index contributed by atoms with van der Waals surface area (Å²) in [4.78, 5) is 14.3. The molecule has 0 spiro atoms. The summed E-state index contributed by atoms with van der Waals surface area (Å²) < 4.78 is 0. The number of aliphatic hydroxyl groups excluding tert-OH is 1. The Hall–Kier alpha value is -0.910. The lowest BCUT2D eigenvalue weighted by Crippen LogP contribution is -2.31. The van der Waals surface area contributed by atoms with Crippen LogP contribution in [0, 0.1) is 0 Å². The number of nitrogens with zero attached hydrogens (tertiary/aromatic N) is 1. The zero-order valence-electron chi connectivity index (χ0n) is 9.06. The molecule has 0 saturated carbocycles. The van der Waals surface area contributed by atoms with E-state index in [4.69, 9.17) is 5.73 Å². The standard InChI is InChI=1S/C11H16N2O2S/c12-11(15)8-4-10(16-7-8)5-13-3-1-2-9(13)6-14/h4,7,9,14H,1-3,5-6H2,(H2,12,15)/t9-/m1/s1. The van der Waals surface area contributed by atoms with Crippen LogP contribution in [0.15, 0.2) is 11.4 Å². The smallest absolute Gasteiger partial charge is 0.249 e. The van der Waals surface area contributed by atoms with Crippen LogP contribution in [0.1, 0.15) is 28.1 Å². The Labute approximate surface area is 98.7 Å². The molecule has 0 aliphatic carbocycles. The largest absolute Gasteiger partial charge is 0.395 e. The number of amides is 1. The van der Waals surface area contributed by atoms with Crippen molar-refractivity contribution >= 4 is 17.2 Å². The van der Waals surface area contributed by atoms with Crippen LogP contribution in [0.3, 0.4) is 0 Å². The maximum absolute atomic E-state index is 10.9. The van der Waals surface area contributed by atoms with E-state index in [-0.39, 0.29) is 18.6 Å². The van der Waals surface area contributed by atoms with Gasteiger partial charge in [-0.2, -0.15) is 0 Å². The lowest BCUT2D eigenvalue weighted by Gasteiger charge is -2.21. The molecule has 1 aliphatic heterocycles. The highest BCUT2D eigenvalue weighted by atomic mass is 32.1. The SMILES string of the molecule is NC(=O)c1csc(CN2CCC[C@@H]2CO)c1. The predicted molar refractivity (Wildman–Crippen MR) is 63.4 cm³/mol. The van der Waals surface area contributed by atoms with Crippen LogP contribution in [0.4, 0.5) is 0 Å². The van der Waals surface area contributed by atoms with Gasteiger partial charge in [-0.05, 0) is 25.5 Å². The molecule has 3 N–H and O–H groups in total. The fraction of sp³-hybridized carbons (Fsp3) is 0.545. The minimum Gasteiger partial charge on any atom is -0.395 e. The van der Waals surface area contributed by atoms with Crippen molar-refractivity contribution in [2.45, 2.75) is 25.4 Å². The molecule has 1 saturated heterocycles. The minimum absolute atomic E-state index is 0.216.